The molecule has 0 radical (unpaired) electrons. The van der Waals surface area contributed by atoms with Crippen molar-refractivity contribution in [2.45, 2.75) is 37.9 Å². The molecule has 3 atom stereocenters. The number of Topliss-reactive ketones (excluding diaryl/α,β-unsaturated/α-hetero) is 2. The number of pyridine rings is 1. The van der Waals surface area contributed by atoms with Crippen molar-refractivity contribution in [1.29, 1.82) is 0 Å². The lowest BCUT2D eigenvalue weighted by atomic mass is 10.0. The highest BCUT2D eigenvalue weighted by Gasteiger charge is 2.65. The van der Waals surface area contributed by atoms with Gasteiger partial charge in [0.15, 0.2) is 11.6 Å². The number of carbonyl (C=O) groups is 3. The van der Waals surface area contributed by atoms with E-state index in [9.17, 15) is 14.4 Å². The Kier molecular flexibility index (Phi) is 5.73. The molecular weight excluding hydrogens is 536 g/mol. The van der Waals surface area contributed by atoms with Gasteiger partial charge in [0.25, 0.3) is 0 Å². The van der Waals surface area contributed by atoms with Gasteiger partial charge in [-0.1, -0.05) is 12.1 Å². The molecule has 1 aromatic carbocycles. The second-order valence-electron chi connectivity index (χ2n) is 9.65. The van der Waals surface area contributed by atoms with Gasteiger partial charge < -0.3 is 9.88 Å². The maximum Gasteiger partial charge on any atom is 0.242 e. The van der Waals surface area contributed by atoms with E-state index in [0.29, 0.717) is 28.8 Å². The molecule has 2 aliphatic rings. The van der Waals surface area contributed by atoms with Crippen LogP contribution in [0.1, 0.15) is 30.1 Å². The number of anilines is 1. The average molecular weight is 559 g/mol. The van der Waals surface area contributed by atoms with Gasteiger partial charge >= 0.3 is 0 Å². The van der Waals surface area contributed by atoms with Crippen molar-refractivity contribution in [3.05, 3.63) is 71.5 Å². The van der Waals surface area contributed by atoms with E-state index in [1.54, 1.807) is 36.8 Å². The van der Waals surface area contributed by atoms with E-state index < -0.39 is 11.6 Å². The maximum absolute atomic E-state index is 13.5. The molecule has 4 heterocycles. The highest BCUT2D eigenvalue weighted by atomic mass is 79.9. The van der Waals surface area contributed by atoms with Crippen LogP contribution in [0, 0.1) is 5.92 Å². The predicted octanol–water partition coefficient (Wildman–Crippen LogP) is 3.79. The number of ketones is 2. The highest BCUT2D eigenvalue weighted by molar-refractivity contribution is 9.10. The van der Waals surface area contributed by atoms with E-state index in [-0.39, 0.29) is 29.9 Å². The van der Waals surface area contributed by atoms with Crippen LogP contribution >= 0.6 is 15.9 Å². The molecule has 10 heteroatoms. The lowest BCUT2D eigenvalue weighted by Crippen LogP contribution is -2.47. The molecule has 37 heavy (non-hydrogen) atoms. The number of carbonyl (C=O) groups excluding carboxylic acids is 3. The Labute approximate surface area is 220 Å². The predicted molar refractivity (Wildman–Crippen MR) is 141 cm³/mol. The third-order valence-electron chi connectivity index (χ3n) is 7.31. The van der Waals surface area contributed by atoms with Crippen molar-refractivity contribution in [3.8, 4) is 11.1 Å². The minimum atomic E-state index is -0.707. The fourth-order valence-corrected chi connectivity index (χ4v) is 5.71. The molecule has 1 aliphatic carbocycles. The summed E-state index contributed by atoms with van der Waals surface area (Å²) < 4.78 is 2.47. The molecular formula is C27H23BrN6O3. The van der Waals surface area contributed by atoms with Crippen LogP contribution in [0.15, 0.2) is 65.9 Å². The minimum Gasteiger partial charge on any atom is -0.339 e. The number of nitrogens with zero attached hydrogens (tertiary/aromatic N) is 4. The van der Waals surface area contributed by atoms with Crippen LogP contribution in [-0.2, 0) is 16.1 Å². The van der Waals surface area contributed by atoms with Crippen LogP contribution in [-0.4, -0.2) is 48.6 Å². The number of rotatable bonds is 7. The molecule has 186 valence electrons. The number of halogens is 1. The summed E-state index contributed by atoms with van der Waals surface area (Å²) >= 11 is 3.30. The molecule has 9 nitrogen and oxygen atoms in total. The zero-order valence-corrected chi connectivity index (χ0v) is 21.5. The van der Waals surface area contributed by atoms with Crippen molar-refractivity contribution in [2.75, 3.05) is 5.32 Å². The number of aromatic nitrogens is 4. The monoisotopic (exact) mass is 558 g/mol. The van der Waals surface area contributed by atoms with Gasteiger partial charge in [-0.3, -0.25) is 19.7 Å². The molecule has 0 spiro atoms. The largest absolute Gasteiger partial charge is 0.339 e. The highest BCUT2D eigenvalue weighted by Crippen LogP contribution is 2.52. The van der Waals surface area contributed by atoms with Crippen LogP contribution in [0.3, 0.4) is 0 Å². The minimum absolute atomic E-state index is 0.0147. The number of hydrogen-bond acceptors (Lipinski definition) is 7. The lowest BCUT2D eigenvalue weighted by Gasteiger charge is -2.18. The summed E-state index contributed by atoms with van der Waals surface area (Å²) in [6, 6.07) is 10.6. The Morgan fingerprint density at radius 2 is 1.97 bits per heavy atom. The number of amides is 1. The van der Waals surface area contributed by atoms with E-state index in [1.165, 1.54) is 13.3 Å². The van der Waals surface area contributed by atoms with Gasteiger partial charge in [-0.25, -0.2) is 15.0 Å². The molecule has 6 rings (SSSR count). The Hall–Kier alpha value is -3.76. The first-order chi connectivity index (χ1) is 17.8. The molecule has 0 bridgehead atoms. The Bertz CT molecular complexity index is 1570. The summed E-state index contributed by atoms with van der Waals surface area (Å²) in [7, 11) is 0. The lowest BCUT2D eigenvalue weighted by molar-refractivity contribution is -0.123. The van der Waals surface area contributed by atoms with Gasteiger partial charge in [0.05, 0.1) is 18.1 Å². The quantitative estimate of drug-likeness (QED) is 0.261. The molecule has 1 saturated heterocycles. The van der Waals surface area contributed by atoms with Crippen molar-refractivity contribution in [1.82, 2.24) is 24.8 Å². The second-order valence-corrected chi connectivity index (χ2v) is 10.5. The first kappa shape index (κ1) is 23.6. The molecule has 4 aromatic rings. The van der Waals surface area contributed by atoms with Gasteiger partial charge in [-0.15, -0.1) is 0 Å². The molecule has 1 saturated carbocycles. The Morgan fingerprint density at radius 3 is 2.73 bits per heavy atom. The summed E-state index contributed by atoms with van der Waals surface area (Å²) in [6.07, 6.45) is 7.97. The summed E-state index contributed by atoms with van der Waals surface area (Å²) in [5.74, 6) is 0.315. The summed E-state index contributed by atoms with van der Waals surface area (Å²) in [5, 5.41) is 6.92. The Balaban J connectivity index is 1.22. The van der Waals surface area contributed by atoms with Gasteiger partial charge in [-0.05, 0) is 71.4 Å². The number of nitrogens with one attached hydrogen (secondary N) is 2. The first-order valence-electron chi connectivity index (χ1n) is 12.0. The number of hydrogen-bond donors (Lipinski definition) is 2. The van der Waals surface area contributed by atoms with Gasteiger partial charge in [-0.2, -0.15) is 0 Å². The van der Waals surface area contributed by atoms with Crippen LogP contribution in [0.2, 0.25) is 0 Å². The number of fused-ring (bicyclic) bond motifs is 2. The normalized spacial score (nSPS) is 22.0. The van der Waals surface area contributed by atoms with Crippen LogP contribution in [0.25, 0.3) is 22.0 Å². The molecule has 2 fully saturated rings. The van der Waals surface area contributed by atoms with Crippen LogP contribution in [0.5, 0.6) is 0 Å². The molecule has 3 unspecified atom stereocenters. The fourth-order valence-electron chi connectivity index (χ4n) is 5.36. The SMILES string of the molecule is CC(=O)c1cn(CC(=O)C23CC2CC(C(=O)Nc2cccc(Br)n2)N3)c2ccc(-c3cncnc3)cc12. The fraction of sp³-hybridized carbons (Fsp3) is 0.259. The molecule has 2 N–H and O–H groups in total. The topological polar surface area (TPSA) is 119 Å². The van der Waals surface area contributed by atoms with Crippen molar-refractivity contribution >= 4 is 50.1 Å². The van der Waals surface area contributed by atoms with Gasteiger partial charge in [0, 0.05) is 40.6 Å². The second kappa shape index (κ2) is 8.97. The van der Waals surface area contributed by atoms with Crippen molar-refractivity contribution in [2.24, 2.45) is 5.92 Å². The molecule has 1 amide bonds. The zero-order valence-electron chi connectivity index (χ0n) is 19.9. The number of piperidine rings is 1. The van der Waals surface area contributed by atoms with Crippen molar-refractivity contribution in [3.63, 3.8) is 0 Å². The summed E-state index contributed by atoms with van der Waals surface area (Å²) in [6.45, 7) is 1.64. The van der Waals surface area contributed by atoms with Crippen LogP contribution in [0.4, 0.5) is 5.82 Å². The standard InChI is InChI=1S/C27H23BrN6O3/c1-15(35)20-12-34(22-6-5-16(7-19(20)22)17-10-29-14-30-11-17)13-23(36)27-9-18(27)8-21(33-27)26(37)32-25-4-2-3-24(28)31-25/h2-7,10-12,14,18,21,33H,8-9,13H2,1H3,(H,31,32,37). The first-order valence-corrected chi connectivity index (χ1v) is 12.8. The van der Waals surface area contributed by atoms with Gasteiger partial charge in [0.2, 0.25) is 5.91 Å². The zero-order chi connectivity index (χ0) is 25.7. The van der Waals surface area contributed by atoms with Crippen molar-refractivity contribution < 1.29 is 14.4 Å². The van der Waals surface area contributed by atoms with Gasteiger partial charge in [0.1, 0.15) is 16.7 Å². The average Bonchev–Trinajstić information content (AvgIpc) is 3.27. The van der Waals surface area contributed by atoms with Crippen LogP contribution < -0.4 is 10.6 Å². The molecule has 3 aromatic heterocycles. The van der Waals surface area contributed by atoms with E-state index in [2.05, 4.69) is 41.5 Å². The third kappa shape index (κ3) is 4.25. The summed E-state index contributed by atoms with van der Waals surface area (Å²) in [5.41, 5.74) is 2.40. The van der Waals surface area contributed by atoms with E-state index >= 15 is 0 Å². The number of benzene rings is 1. The van der Waals surface area contributed by atoms with E-state index in [1.807, 2.05) is 22.8 Å². The van der Waals surface area contributed by atoms with E-state index in [4.69, 9.17) is 0 Å². The third-order valence-corrected chi connectivity index (χ3v) is 7.75. The molecule has 1 aliphatic heterocycles. The maximum atomic E-state index is 13.5. The smallest absolute Gasteiger partial charge is 0.242 e. The summed E-state index contributed by atoms with van der Waals surface area (Å²) in [4.78, 5) is 51.2. The Morgan fingerprint density at radius 1 is 1.16 bits per heavy atom. The van der Waals surface area contributed by atoms with E-state index in [0.717, 1.165) is 22.0 Å².